The van der Waals surface area contributed by atoms with Crippen LogP contribution in [0.25, 0.3) is 0 Å². The fourth-order valence-electron chi connectivity index (χ4n) is 1.92. The van der Waals surface area contributed by atoms with Gasteiger partial charge in [-0.15, -0.1) is 6.42 Å². The number of rotatable bonds is 2. The Morgan fingerprint density at radius 3 is 2.85 bits per heavy atom. The Balaban J connectivity index is 2.51. The van der Waals surface area contributed by atoms with Crippen molar-refractivity contribution >= 4 is 12.2 Å². The van der Waals surface area contributed by atoms with Crippen molar-refractivity contribution in [1.29, 1.82) is 0 Å². The van der Waals surface area contributed by atoms with E-state index in [2.05, 4.69) is 0 Å². The molecule has 2 heterocycles. The molecular weight excluding hydrogens is 294 g/mol. The first-order valence-electron chi connectivity index (χ1n) is 5.46. The van der Waals surface area contributed by atoms with Crippen molar-refractivity contribution in [2.24, 2.45) is 0 Å². The summed E-state index contributed by atoms with van der Waals surface area (Å²) in [5.41, 5.74) is -3.02. The van der Waals surface area contributed by atoms with E-state index in [9.17, 15) is 23.8 Å². The van der Waals surface area contributed by atoms with Gasteiger partial charge in [0.15, 0.2) is 22.8 Å². The summed E-state index contributed by atoms with van der Waals surface area (Å²) in [4.78, 5) is 13.0. The van der Waals surface area contributed by atoms with E-state index in [0.29, 0.717) is 6.20 Å². The standard InChI is InChI=1S/C11H10F2N2O4S/c1-2-11(4-16)7(17)6(13)9(19-11)15-3-5(12)8(18)14-10(15)20/h1,3,6-7,9,16-17H,4H2,(H,14,18,20)/t6-,7?,9+,11+/m0/s1. The van der Waals surface area contributed by atoms with Crippen molar-refractivity contribution in [3.05, 3.63) is 27.1 Å². The summed E-state index contributed by atoms with van der Waals surface area (Å²) in [5, 5.41) is 18.9. The molecule has 0 radical (unpaired) electrons. The van der Waals surface area contributed by atoms with Crippen LogP contribution in [0.2, 0.25) is 0 Å². The summed E-state index contributed by atoms with van der Waals surface area (Å²) in [7, 11) is 0. The number of aliphatic hydroxyl groups is 2. The molecule has 2 rings (SSSR count). The number of nitrogens with one attached hydrogen (secondary N) is 1. The zero-order valence-corrected chi connectivity index (χ0v) is 10.7. The predicted molar refractivity (Wildman–Crippen MR) is 65.5 cm³/mol. The van der Waals surface area contributed by atoms with E-state index in [1.807, 2.05) is 10.9 Å². The first kappa shape index (κ1) is 14.8. The Morgan fingerprint density at radius 1 is 1.70 bits per heavy atom. The molecule has 1 saturated heterocycles. The second kappa shape index (κ2) is 5.06. The Kier molecular flexibility index (Phi) is 3.75. The summed E-state index contributed by atoms with van der Waals surface area (Å²) in [5.74, 6) is 0.775. The van der Waals surface area contributed by atoms with Crippen molar-refractivity contribution < 1.29 is 23.7 Å². The lowest BCUT2D eigenvalue weighted by molar-refractivity contribution is -0.0920. The van der Waals surface area contributed by atoms with Gasteiger partial charge in [-0.25, -0.2) is 4.39 Å². The molecule has 0 amide bonds. The van der Waals surface area contributed by atoms with Crippen LogP contribution in [0.4, 0.5) is 8.78 Å². The first-order chi connectivity index (χ1) is 9.36. The van der Waals surface area contributed by atoms with Gasteiger partial charge >= 0.3 is 0 Å². The number of H-pyrrole nitrogens is 1. The van der Waals surface area contributed by atoms with Gasteiger partial charge < -0.3 is 14.9 Å². The number of hydrogen-bond donors (Lipinski definition) is 3. The molecule has 1 unspecified atom stereocenters. The van der Waals surface area contributed by atoms with Crippen LogP contribution in [0, 0.1) is 22.9 Å². The molecule has 1 aromatic rings. The molecular formula is C11H10F2N2O4S. The van der Waals surface area contributed by atoms with E-state index in [0.717, 1.165) is 4.57 Å². The molecule has 0 aromatic carbocycles. The molecule has 4 atom stereocenters. The highest BCUT2D eigenvalue weighted by molar-refractivity contribution is 7.71. The van der Waals surface area contributed by atoms with E-state index in [4.69, 9.17) is 23.4 Å². The quantitative estimate of drug-likeness (QED) is 0.513. The van der Waals surface area contributed by atoms with E-state index in [1.54, 1.807) is 0 Å². The van der Waals surface area contributed by atoms with Crippen molar-refractivity contribution in [1.82, 2.24) is 9.55 Å². The lowest BCUT2D eigenvalue weighted by Crippen LogP contribution is -2.44. The van der Waals surface area contributed by atoms with Crippen molar-refractivity contribution in [3.8, 4) is 12.3 Å². The Labute approximate surface area is 116 Å². The Morgan fingerprint density at radius 2 is 2.35 bits per heavy atom. The molecule has 9 heteroatoms. The van der Waals surface area contributed by atoms with Crippen molar-refractivity contribution in [3.63, 3.8) is 0 Å². The number of hydrogen-bond acceptors (Lipinski definition) is 5. The molecule has 108 valence electrons. The molecule has 0 saturated carbocycles. The fourth-order valence-corrected chi connectivity index (χ4v) is 2.17. The van der Waals surface area contributed by atoms with Gasteiger partial charge in [0.05, 0.1) is 12.8 Å². The number of nitrogens with zero attached hydrogens (tertiary/aromatic N) is 1. The lowest BCUT2D eigenvalue weighted by Gasteiger charge is -2.23. The van der Waals surface area contributed by atoms with Crippen LogP contribution in [0.5, 0.6) is 0 Å². The molecule has 6 nitrogen and oxygen atoms in total. The number of aliphatic hydroxyl groups excluding tert-OH is 2. The Bertz CT molecular complexity index is 682. The minimum atomic E-state index is -2.06. The maximum absolute atomic E-state index is 14.1. The van der Waals surface area contributed by atoms with E-state index in [-0.39, 0.29) is 4.77 Å². The first-order valence-corrected chi connectivity index (χ1v) is 5.86. The van der Waals surface area contributed by atoms with Crippen LogP contribution in [-0.2, 0) is 4.74 Å². The maximum atomic E-state index is 14.1. The third-order valence-electron chi connectivity index (χ3n) is 3.06. The molecule has 0 spiro atoms. The average Bonchev–Trinajstić information content (AvgIpc) is 2.68. The number of aromatic amines is 1. The lowest BCUT2D eigenvalue weighted by atomic mass is 9.98. The predicted octanol–water partition coefficient (Wildman–Crippen LogP) is -0.363. The van der Waals surface area contributed by atoms with E-state index >= 15 is 0 Å². The average molecular weight is 304 g/mol. The number of terminal acetylenes is 1. The molecule has 1 aromatic heterocycles. The van der Waals surface area contributed by atoms with Crippen LogP contribution >= 0.6 is 12.2 Å². The molecule has 1 fully saturated rings. The normalized spacial score (nSPS) is 33.0. The van der Waals surface area contributed by atoms with Gasteiger partial charge in [0, 0.05) is 0 Å². The smallest absolute Gasteiger partial charge is 0.287 e. The highest BCUT2D eigenvalue weighted by atomic mass is 32.1. The van der Waals surface area contributed by atoms with Crippen molar-refractivity contribution in [2.75, 3.05) is 6.61 Å². The van der Waals surface area contributed by atoms with E-state index in [1.165, 1.54) is 0 Å². The number of alkyl halides is 1. The van der Waals surface area contributed by atoms with Crippen LogP contribution < -0.4 is 5.56 Å². The minimum absolute atomic E-state index is 0.304. The largest absolute Gasteiger partial charge is 0.392 e. The SMILES string of the molecule is C#C[C@]1(CO)O[C@@H](n2cc(F)c(=O)[nH]c2=S)[C@@H](F)C1O. The third kappa shape index (κ3) is 2.06. The summed E-state index contributed by atoms with van der Waals surface area (Å²) in [6, 6.07) is 0. The van der Waals surface area contributed by atoms with Gasteiger partial charge in [0.2, 0.25) is 5.82 Å². The fraction of sp³-hybridized carbons (Fsp3) is 0.455. The minimum Gasteiger partial charge on any atom is -0.392 e. The van der Waals surface area contributed by atoms with Crippen LogP contribution in [0.15, 0.2) is 11.0 Å². The van der Waals surface area contributed by atoms with Crippen LogP contribution in [0.3, 0.4) is 0 Å². The maximum Gasteiger partial charge on any atom is 0.287 e. The zero-order chi connectivity index (χ0) is 15.1. The van der Waals surface area contributed by atoms with E-state index < -0.39 is 42.1 Å². The van der Waals surface area contributed by atoms with Gasteiger partial charge in [-0.3, -0.25) is 14.3 Å². The number of ether oxygens (including phenoxy) is 1. The second-order valence-electron chi connectivity index (χ2n) is 4.23. The third-order valence-corrected chi connectivity index (χ3v) is 3.37. The van der Waals surface area contributed by atoms with Gasteiger partial charge in [0.25, 0.3) is 5.56 Å². The number of halogens is 2. The van der Waals surface area contributed by atoms with Gasteiger partial charge in [-0.05, 0) is 12.2 Å². The van der Waals surface area contributed by atoms with Crippen LogP contribution in [0.1, 0.15) is 6.23 Å². The molecule has 1 aliphatic heterocycles. The molecule has 20 heavy (non-hydrogen) atoms. The zero-order valence-electron chi connectivity index (χ0n) is 9.92. The molecule has 1 aliphatic rings. The summed E-state index contributed by atoms with van der Waals surface area (Å²) < 4.78 is 33.0. The molecule has 0 aliphatic carbocycles. The number of aromatic nitrogens is 2. The van der Waals surface area contributed by atoms with Crippen molar-refractivity contribution in [2.45, 2.75) is 24.1 Å². The summed E-state index contributed by atoms with van der Waals surface area (Å²) >= 11 is 4.77. The Hall–Kier alpha value is -1.60. The van der Waals surface area contributed by atoms with Crippen LogP contribution in [-0.4, -0.2) is 44.2 Å². The highest BCUT2D eigenvalue weighted by Crippen LogP contribution is 2.38. The summed E-state index contributed by atoms with van der Waals surface area (Å²) in [6.07, 6.45) is 0.340. The van der Waals surface area contributed by atoms with Gasteiger partial charge in [0.1, 0.15) is 6.10 Å². The summed E-state index contributed by atoms with van der Waals surface area (Å²) in [6.45, 7) is -0.833. The highest BCUT2D eigenvalue weighted by Gasteiger charge is 2.55. The molecule has 3 N–H and O–H groups in total. The second-order valence-corrected chi connectivity index (χ2v) is 4.62. The van der Waals surface area contributed by atoms with Gasteiger partial charge in [-0.2, -0.15) is 4.39 Å². The monoisotopic (exact) mass is 304 g/mol. The topological polar surface area (TPSA) is 87.5 Å². The molecule has 0 bridgehead atoms. The van der Waals surface area contributed by atoms with Gasteiger partial charge in [-0.1, -0.05) is 5.92 Å².